The zero-order chi connectivity index (χ0) is 19.6. The van der Waals surface area contributed by atoms with Gasteiger partial charge < -0.3 is 10.6 Å². The van der Waals surface area contributed by atoms with E-state index in [-0.39, 0.29) is 12.1 Å². The van der Waals surface area contributed by atoms with Crippen LogP contribution in [0.2, 0.25) is 0 Å². The van der Waals surface area contributed by atoms with Gasteiger partial charge in [-0.1, -0.05) is 31.2 Å². The summed E-state index contributed by atoms with van der Waals surface area (Å²) in [6, 6.07) is 10.0. The predicted molar refractivity (Wildman–Crippen MR) is 93.6 cm³/mol. The van der Waals surface area contributed by atoms with Crippen molar-refractivity contribution in [2.45, 2.75) is 18.9 Å². The monoisotopic (exact) mass is 373 g/mol. The van der Waals surface area contributed by atoms with Gasteiger partial charge >= 0.3 is 6.03 Å². The minimum absolute atomic E-state index is 0.0464. The molecule has 1 aliphatic heterocycles. The van der Waals surface area contributed by atoms with Crippen molar-refractivity contribution in [2.75, 3.05) is 11.9 Å². The second kappa shape index (κ2) is 7.14. The van der Waals surface area contributed by atoms with Crippen LogP contribution in [0.15, 0.2) is 48.5 Å². The molecule has 3 rings (SSSR count). The number of halogens is 2. The lowest BCUT2D eigenvalue weighted by Gasteiger charge is -2.25. The topological polar surface area (TPSA) is 78.5 Å². The predicted octanol–water partition coefficient (Wildman–Crippen LogP) is 2.76. The molecular weight excluding hydrogens is 356 g/mol. The fraction of sp³-hybridized carbons (Fsp3) is 0.211. The molecule has 0 aromatic heterocycles. The Morgan fingerprint density at radius 2 is 1.78 bits per heavy atom. The average Bonchev–Trinajstić information content (AvgIpc) is 2.89. The highest BCUT2D eigenvalue weighted by Crippen LogP contribution is 2.32. The summed E-state index contributed by atoms with van der Waals surface area (Å²) in [4.78, 5) is 38.2. The molecule has 2 N–H and O–H groups in total. The number of amides is 4. The quantitative estimate of drug-likeness (QED) is 0.791. The Kier molecular flexibility index (Phi) is 4.89. The van der Waals surface area contributed by atoms with E-state index in [1.54, 1.807) is 13.0 Å². The molecule has 2 aromatic carbocycles. The highest BCUT2D eigenvalue weighted by atomic mass is 19.1. The van der Waals surface area contributed by atoms with E-state index in [4.69, 9.17) is 0 Å². The molecule has 1 saturated heterocycles. The van der Waals surface area contributed by atoms with Gasteiger partial charge in [0, 0.05) is 0 Å². The smallest absolute Gasteiger partial charge is 0.322 e. The Labute approximate surface area is 154 Å². The van der Waals surface area contributed by atoms with Crippen molar-refractivity contribution < 1.29 is 23.2 Å². The molecule has 0 saturated carbocycles. The van der Waals surface area contributed by atoms with Crippen molar-refractivity contribution in [2.24, 2.45) is 0 Å². The van der Waals surface area contributed by atoms with Crippen LogP contribution < -0.4 is 10.6 Å². The number of urea groups is 1. The lowest BCUT2D eigenvalue weighted by atomic mass is 9.87. The highest BCUT2D eigenvalue weighted by Gasteiger charge is 2.51. The third kappa shape index (κ3) is 3.38. The van der Waals surface area contributed by atoms with E-state index in [2.05, 4.69) is 10.6 Å². The van der Waals surface area contributed by atoms with Crippen LogP contribution in [-0.4, -0.2) is 29.3 Å². The van der Waals surface area contributed by atoms with Gasteiger partial charge in [0.25, 0.3) is 5.91 Å². The largest absolute Gasteiger partial charge is 0.325 e. The Morgan fingerprint density at radius 1 is 1.11 bits per heavy atom. The minimum Gasteiger partial charge on any atom is -0.322 e. The molecule has 1 fully saturated rings. The molecule has 6 nitrogen and oxygen atoms in total. The van der Waals surface area contributed by atoms with Crippen LogP contribution in [0.1, 0.15) is 18.9 Å². The van der Waals surface area contributed by atoms with Gasteiger partial charge in [-0.3, -0.25) is 14.5 Å². The Morgan fingerprint density at radius 3 is 2.41 bits per heavy atom. The van der Waals surface area contributed by atoms with Crippen LogP contribution in [0, 0.1) is 11.6 Å². The zero-order valence-electron chi connectivity index (χ0n) is 14.5. The van der Waals surface area contributed by atoms with Gasteiger partial charge in [0.05, 0.1) is 5.69 Å². The van der Waals surface area contributed by atoms with E-state index in [0.29, 0.717) is 5.56 Å². The fourth-order valence-corrected chi connectivity index (χ4v) is 3.04. The van der Waals surface area contributed by atoms with Gasteiger partial charge in [-0.2, -0.15) is 0 Å². The lowest BCUT2D eigenvalue weighted by molar-refractivity contribution is -0.134. The maximum Gasteiger partial charge on any atom is 0.325 e. The summed E-state index contributed by atoms with van der Waals surface area (Å²) in [5.41, 5.74) is -1.00. The number of anilines is 1. The van der Waals surface area contributed by atoms with E-state index >= 15 is 0 Å². The van der Waals surface area contributed by atoms with Crippen molar-refractivity contribution in [3.63, 3.8) is 0 Å². The van der Waals surface area contributed by atoms with Gasteiger partial charge in [-0.25, -0.2) is 13.6 Å². The van der Waals surface area contributed by atoms with Crippen LogP contribution in [0.25, 0.3) is 0 Å². The number of nitrogens with zero attached hydrogens (tertiary/aromatic N) is 1. The van der Waals surface area contributed by atoms with E-state index in [9.17, 15) is 23.2 Å². The van der Waals surface area contributed by atoms with E-state index < -0.39 is 41.6 Å². The summed E-state index contributed by atoms with van der Waals surface area (Å²) in [5.74, 6) is -2.43. The molecule has 1 atom stereocenters. The number of carbonyl (C=O) groups excluding carboxylic acids is 3. The first-order valence-corrected chi connectivity index (χ1v) is 8.32. The maximum absolute atomic E-state index is 13.6. The van der Waals surface area contributed by atoms with E-state index in [1.807, 2.05) is 0 Å². The molecule has 0 spiro atoms. The van der Waals surface area contributed by atoms with Gasteiger partial charge in [-0.05, 0) is 36.2 Å². The second-order valence-electron chi connectivity index (χ2n) is 6.12. The number of imide groups is 1. The molecular formula is C19H17F2N3O3. The van der Waals surface area contributed by atoms with Crippen LogP contribution in [0.5, 0.6) is 0 Å². The molecule has 27 heavy (non-hydrogen) atoms. The number of hydrogen-bond donors (Lipinski definition) is 2. The van der Waals surface area contributed by atoms with Crippen molar-refractivity contribution in [1.29, 1.82) is 0 Å². The summed E-state index contributed by atoms with van der Waals surface area (Å²) in [7, 11) is 0. The van der Waals surface area contributed by atoms with Crippen LogP contribution in [0.4, 0.5) is 19.3 Å². The maximum atomic E-state index is 13.6. The average molecular weight is 373 g/mol. The summed E-state index contributed by atoms with van der Waals surface area (Å²) >= 11 is 0. The first kappa shape index (κ1) is 18.5. The molecule has 2 aromatic rings. The summed E-state index contributed by atoms with van der Waals surface area (Å²) in [6.07, 6.45) is 0.217. The Bertz CT molecular complexity index is 901. The first-order valence-electron chi connectivity index (χ1n) is 8.32. The molecule has 140 valence electrons. The van der Waals surface area contributed by atoms with Gasteiger partial charge in [0.1, 0.15) is 23.7 Å². The zero-order valence-corrected chi connectivity index (χ0v) is 14.5. The Hall–Kier alpha value is -3.29. The van der Waals surface area contributed by atoms with Gasteiger partial charge in [-0.15, -0.1) is 0 Å². The third-order valence-electron chi connectivity index (χ3n) is 4.49. The van der Waals surface area contributed by atoms with Crippen LogP contribution >= 0.6 is 0 Å². The molecule has 0 radical (unpaired) electrons. The number of carbonyl (C=O) groups is 3. The van der Waals surface area contributed by atoms with E-state index in [0.717, 1.165) is 4.90 Å². The number of rotatable bonds is 5. The lowest BCUT2D eigenvalue weighted by Crippen LogP contribution is -2.44. The molecule has 4 amide bonds. The van der Waals surface area contributed by atoms with Gasteiger partial charge in [0.2, 0.25) is 5.91 Å². The van der Waals surface area contributed by atoms with Crippen LogP contribution in [0.3, 0.4) is 0 Å². The van der Waals surface area contributed by atoms with Crippen molar-refractivity contribution >= 4 is 23.5 Å². The first-order chi connectivity index (χ1) is 12.9. The molecule has 1 aliphatic rings. The minimum atomic E-state index is -1.37. The molecule has 8 heteroatoms. The number of benzene rings is 2. The van der Waals surface area contributed by atoms with Crippen molar-refractivity contribution in [3.05, 3.63) is 65.7 Å². The molecule has 1 heterocycles. The summed E-state index contributed by atoms with van der Waals surface area (Å²) in [6.45, 7) is 1.13. The fourth-order valence-electron chi connectivity index (χ4n) is 3.04. The summed E-state index contributed by atoms with van der Waals surface area (Å²) in [5, 5.41) is 4.93. The SMILES string of the molecule is CC[C@]1(c2ccc(F)cc2)NC(=O)N(CC(=O)Nc2ccccc2F)C1=O. The number of para-hydroxylation sites is 1. The normalized spacial score (nSPS) is 19.1. The number of hydrogen-bond acceptors (Lipinski definition) is 3. The van der Waals surface area contributed by atoms with Crippen LogP contribution in [-0.2, 0) is 15.1 Å². The summed E-state index contributed by atoms with van der Waals surface area (Å²) < 4.78 is 26.8. The third-order valence-corrected chi connectivity index (χ3v) is 4.49. The Balaban J connectivity index is 1.80. The highest BCUT2D eigenvalue weighted by molar-refractivity contribution is 6.10. The molecule has 0 bridgehead atoms. The number of nitrogens with one attached hydrogen (secondary N) is 2. The second-order valence-corrected chi connectivity index (χ2v) is 6.12. The van der Waals surface area contributed by atoms with E-state index in [1.165, 1.54) is 42.5 Å². The molecule has 0 aliphatic carbocycles. The van der Waals surface area contributed by atoms with Crippen molar-refractivity contribution in [1.82, 2.24) is 10.2 Å². The standard InChI is InChI=1S/C19H17F2N3O3/c1-2-19(12-7-9-13(20)10-8-12)17(26)24(18(27)23-19)11-16(25)22-15-6-4-3-5-14(15)21/h3-10H,2,11H2,1H3,(H,22,25)(H,23,27)/t19-/m1/s1. The molecule has 0 unspecified atom stereocenters. The van der Waals surface area contributed by atoms with Crippen molar-refractivity contribution in [3.8, 4) is 0 Å². The van der Waals surface area contributed by atoms with Gasteiger partial charge in [0.15, 0.2) is 0 Å².